The summed E-state index contributed by atoms with van der Waals surface area (Å²) in [6, 6.07) is 11.2. The van der Waals surface area contributed by atoms with Gasteiger partial charge in [-0.2, -0.15) is 26.3 Å². The van der Waals surface area contributed by atoms with Gasteiger partial charge in [0.1, 0.15) is 29.5 Å². The molecule has 2 aromatic carbocycles. The standard InChI is InChI=1S/C34H45FN4O3.2C2HF3O2/c35-27-15-28(39-21-25-18-37-19-26(25)22-39)17-31(16-27)41-29-9-12-38(13-10-29)34(40)24-6-7-33(42-30-8-11-36-20-30)32(14-24)23-4-2-1-3-5-23;2*3-2(4,5)1(6)7/h6-7,14-17,23,25-26,29-30,36-37H,1-5,8-13,18-22H2;2*(H,6,7)/t25-,26+,30-;;/m0../s1. The molecule has 4 saturated heterocycles. The second-order valence-corrected chi connectivity index (χ2v) is 14.8. The fraction of sp³-hybridized carbons (Fsp3) is 0.605. The lowest BCUT2D eigenvalue weighted by Crippen LogP contribution is -2.41. The van der Waals surface area contributed by atoms with Crippen molar-refractivity contribution < 1.29 is 64.8 Å². The van der Waals surface area contributed by atoms with Gasteiger partial charge in [0.2, 0.25) is 0 Å². The summed E-state index contributed by atoms with van der Waals surface area (Å²) < 4.78 is 90.8. The number of likely N-dealkylation sites (tertiary alicyclic amines) is 1. The summed E-state index contributed by atoms with van der Waals surface area (Å²) in [6.45, 7) is 7.19. The first-order valence-corrected chi connectivity index (χ1v) is 18.8. The van der Waals surface area contributed by atoms with Gasteiger partial charge in [0, 0.05) is 82.0 Å². The number of nitrogens with one attached hydrogen (secondary N) is 2. The number of anilines is 1. The lowest BCUT2D eigenvalue weighted by atomic mass is 9.83. The average Bonchev–Trinajstić information content (AvgIpc) is 3.91. The second-order valence-electron chi connectivity index (χ2n) is 14.8. The average molecular weight is 805 g/mol. The minimum absolute atomic E-state index is 0.0283. The van der Waals surface area contributed by atoms with Gasteiger partial charge in [-0.15, -0.1) is 0 Å². The van der Waals surface area contributed by atoms with Crippen LogP contribution in [0.5, 0.6) is 11.5 Å². The minimum Gasteiger partial charge on any atom is -0.490 e. The molecule has 5 aliphatic rings. The summed E-state index contributed by atoms with van der Waals surface area (Å²) in [6.07, 6.45) is -1.39. The number of carbonyl (C=O) groups is 3. The topological polar surface area (TPSA) is 141 Å². The predicted octanol–water partition coefficient (Wildman–Crippen LogP) is 6.22. The molecule has 7 rings (SSSR count). The van der Waals surface area contributed by atoms with Crippen LogP contribution in [0.2, 0.25) is 0 Å². The first-order valence-electron chi connectivity index (χ1n) is 18.8. The molecule has 2 aromatic rings. The Labute approximate surface area is 319 Å². The highest BCUT2D eigenvalue weighted by atomic mass is 19.4. The van der Waals surface area contributed by atoms with Crippen LogP contribution >= 0.6 is 0 Å². The van der Waals surface area contributed by atoms with Crippen LogP contribution in [0.1, 0.15) is 73.2 Å². The van der Waals surface area contributed by atoms with Crippen LogP contribution in [-0.4, -0.2) is 110 Å². The molecule has 0 bridgehead atoms. The highest BCUT2D eigenvalue weighted by Gasteiger charge is 2.39. The first-order chi connectivity index (χ1) is 26.5. The molecule has 0 unspecified atom stereocenters. The zero-order valence-electron chi connectivity index (χ0n) is 30.6. The number of carboxylic acid groups (broad SMARTS) is 2. The summed E-state index contributed by atoms with van der Waals surface area (Å²) in [7, 11) is 0. The third-order valence-electron chi connectivity index (χ3n) is 10.7. The summed E-state index contributed by atoms with van der Waals surface area (Å²) in [5, 5.41) is 21.1. The van der Waals surface area contributed by atoms with Crippen LogP contribution in [0.3, 0.4) is 0 Å². The number of rotatable bonds is 7. The Morgan fingerprint density at radius 3 is 1.88 bits per heavy atom. The Morgan fingerprint density at radius 2 is 1.32 bits per heavy atom. The van der Waals surface area contributed by atoms with Crippen LogP contribution in [0.25, 0.3) is 0 Å². The van der Waals surface area contributed by atoms with Crippen molar-refractivity contribution in [2.75, 3.05) is 57.3 Å². The van der Waals surface area contributed by atoms with E-state index >= 15 is 0 Å². The number of alkyl halides is 6. The Balaban J connectivity index is 0.000000367. The molecule has 1 saturated carbocycles. The maximum atomic E-state index is 14.6. The van der Waals surface area contributed by atoms with E-state index in [-0.39, 0.29) is 23.9 Å². The molecule has 0 spiro atoms. The quantitative estimate of drug-likeness (QED) is 0.239. The minimum atomic E-state index is -5.08. The number of piperidine rings is 1. The molecule has 5 fully saturated rings. The molecule has 3 atom stereocenters. The van der Waals surface area contributed by atoms with Gasteiger partial charge < -0.3 is 40.1 Å². The van der Waals surface area contributed by atoms with Gasteiger partial charge in [-0.05, 0) is 73.4 Å². The molecule has 4 heterocycles. The maximum Gasteiger partial charge on any atom is 0.490 e. The number of amides is 1. The number of fused-ring (bicyclic) bond motifs is 1. The molecule has 11 nitrogen and oxygen atoms in total. The number of carboxylic acids is 2. The molecule has 18 heteroatoms. The van der Waals surface area contributed by atoms with Crippen LogP contribution in [0.15, 0.2) is 36.4 Å². The lowest BCUT2D eigenvalue weighted by Gasteiger charge is -2.33. The van der Waals surface area contributed by atoms with Gasteiger partial charge >= 0.3 is 24.3 Å². The molecular weight excluding hydrogens is 757 g/mol. The van der Waals surface area contributed by atoms with Crippen LogP contribution in [0.4, 0.5) is 36.4 Å². The predicted molar refractivity (Wildman–Crippen MR) is 190 cm³/mol. The Kier molecular flexibility index (Phi) is 14.3. The SMILES string of the molecule is O=C(O)C(F)(F)F.O=C(O)C(F)(F)F.O=C(c1ccc(O[C@H]2CCNC2)c(C2CCCCC2)c1)N1CCC(Oc2cc(F)cc(N3C[C@H]4CNC[C@H]4C3)c2)CC1. The number of hydrogen-bond donors (Lipinski definition) is 4. The highest BCUT2D eigenvalue weighted by Crippen LogP contribution is 2.39. The fourth-order valence-corrected chi connectivity index (χ4v) is 7.85. The monoisotopic (exact) mass is 804 g/mol. The Bertz CT molecular complexity index is 1620. The van der Waals surface area contributed by atoms with Gasteiger partial charge in [-0.3, -0.25) is 4.79 Å². The van der Waals surface area contributed by atoms with Crippen LogP contribution < -0.4 is 25.0 Å². The highest BCUT2D eigenvalue weighted by molar-refractivity contribution is 5.94. The molecule has 4 aliphatic heterocycles. The molecule has 0 radical (unpaired) electrons. The van der Waals surface area contributed by atoms with Crippen LogP contribution in [0, 0.1) is 17.7 Å². The molecule has 1 aliphatic carbocycles. The molecule has 310 valence electrons. The van der Waals surface area contributed by atoms with Crippen molar-refractivity contribution in [1.82, 2.24) is 15.5 Å². The van der Waals surface area contributed by atoms with Gasteiger partial charge in [-0.25, -0.2) is 14.0 Å². The first kappa shape index (κ1) is 42.8. The molecular formula is C38H47F7N4O7. The number of aliphatic carboxylic acids is 2. The molecule has 0 aromatic heterocycles. The van der Waals surface area contributed by atoms with Gasteiger partial charge in [0.25, 0.3) is 5.91 Å². The number of carbonyl (C=O) groups excluding carboxylic acids is 1. The molecule has 4 N–H and O–H groups in total. The van der Waals surface area contributed by atoms with E-state index in [4.69, 9.17) is 29.3 Å². The van der Waals surface area contributed by atoms with Crippen molar-refractivity contribution in [3.05, 3.63) is 53.3 Å². The number of nitrogens with zero attached hydrogens (tertiary/aromatic N) is 2. The van der Waals surface area contributed by atoms with Crippen molar-refractivity contribution in [3.8, 4) is 11.5 Å². The summed E-state index contributed by atoms with van der Waals surface area (Å²) >= 11 is 0. The molecule has 1 amide bonds. The van der Waals surface area contributed by atoms with Crippen LogP contribution in [-0.2, 0) is 9.59 Å². The van der Waals surface area contributed by atoms with E-state index < -0.39 is 24.3 Å². The number of hydrogen-bond acceptors (Lipinski definition) is 8. The maximum absolute atomic E-state index is 14.6. The van der Waals surface area contributed by atoms with E-state index in [1.807, 2.05) is 23.1 Å². The van der Waals surface area contributed by atoms with Crippen molar-refractivity contribution in [2.45, 2.75) is 81.8 Å². The summed E-state index contributed by atoms with van der Waals surface area (Å²) in [4.78, 5) is 35.7. The number of ether oxygens (including phenoxy) is 2. The second kappa shape index (κ2) is 18.7. The molecule has 56 heavy (non-hydrogen) atoms. The van der Waals surface area contributed by atoms with E-state index in [9.17, 15) is 35.5 Å². The largest absolute Gasteiger partial charge is 0.490 e. The normalized spacial score (nSPS) is 23.0. The van der Waals surface area contributed by atoms with E-state index in [2.05, 4.69) is 21.6 Å². The Hall–Kier alpha value is -4.32. The van der Waals surface area contributed by atoms with Gasteiger partial charge in [0.15, 0.2) is 0 Å². The van der Waals surface area contributed by atoms with E-state index in [1.54, 1.807) is 6.07 Å². The summed E-state index contributed by atoms with van der Waals surface area (Å²) in [5.41, 5.74) is 2.88. The summed E-state index contributed by atoms with van der Waals surface area (Å²) in [5.74, 6) is -2.38. The van der Waals surface area contributed by atoms with Crippen molar-refractivity contribution in [2.24, 2.45) is 11.8 Å². The van der Waals surface area contributed by atoms with E-state index in [1.165, 1.54) is 30.9 Å². The van der Waals surface area contributed by atoms with Gasteiger partial charge in [-0.1, -0.05) is 19.3 Å². The van der Waals surface area contributed by atoms with Crippen molar-refractivity contribution in [3.63, 3.8) is 0 Å². The van der Waals surface area contributed by atoms with Crippen molar-refractivity contribution in [1.29, 1.82) is 0 Å². The third-order valence-corrected chi connectivity index (χ3v) is 10.7. The van der Waals surface area contributed by atoms with E-state index in [0.717, 1.165) is 88.4 Å². The van der Waals surface area contributed by atoms with E-state index in [0.29, 0.717) is 36.6 Å². The van der Waals surface area contributed by atoms with Crippen molar-refractivity contribution >= 4 is 23.5 Å². The zero-order valence-corrected chi connectivity index (χ0v) is 30.6. The zero-order chi connectivity index (χ0) is 40.6. The smallest absolute Gasteiger partial charge is 0.490 e. The Morgan fingerprint density at radius 1 is 0.714 bits per heavy atom. The number of halogens is 7. The third kappa shape index (κ3) is 11.8. The van der Waals surface area contributed by atoms with Gasteiger partial charge in [0.05, 0.1) is 0 Å². The number of benzene rings is 2. The lowest BCUT2D eigenvalue weighted by molar-refractivity contribution is -0.193. The fourth-order valence-electron chi connectivity index (χ4n) is 7.85.